The Morgan fingerprint density at radius 2 is 2.10 bits per heavy atom. The lowest BCUT2D eigenvalue weighted by molar-refractivity contribution is -0.141. The molecule has 2 aromatic rings. The molecular weight excluding hydrogens is 270 g/mol. The van der Waals surface area contributed by atoms with Crippen molar-refractivity contribution in [3.05, 3.63) is 36.0 Å². The van der Waals surface area contributed by atoms with Gasteiger partial charge < -0.3 is 21.1 Å². The van der Waals surface area contributed by atoms with Gasteiger partial charge in [0.05, 0.1) is 0 Å². The zero-order valence-electron chi connectivity index (χ0n) is 11.8. The summed E-state index contributed by atoms with van der Waals surface area (Å²) >= 11 is 0. The van der Waals surface area contributed by atoms with Crippen molar-refractivity contribution < 1.29 is 14.7 Å². The predicted octanol–water partition coefficient (Wildman–Crippen LogP) is 1.02. The number of para-hydroxylation sites is 1. The van der Waals surface area contributed by atoms with Crippen molar-refractivity contribution in [2.75, 3.05) is 0 Å². The molecule has 5 N–H and O–H groups in total. The molecule has 0 fully saturated rings. The maximum atomic E-state index is 11.7. The van der Waals surface area contributed by atoms with Crippen molar-refractivity contribution >= 4 is 22.8 Å². The molecule has 2 atom stereocenters. The fourth-order valence-electron chi connectivity index (χ4n) is 2.27. The van der Waals surface area contributed by atoms with E-state index < -0.39 is 12.0 Å². The number of carbonyl (C=O) groups is 2. The van der Waals surface area contributed by atoms with E-state index in [1.807, 2.05) is 24.3 Å². The molecule has 1 heterocycles. The van der Waals surface area contributed by atoms with E-state index >= 15 is 0 Å². The van der Waals surface area contributed by atoms with Crippen LogP contribution in [0.5, 0.6) is 0 Å². The van der Waals surface area contributed by atoms with Crippen LogP contribution in [0.2, 0.25) is 0 Å². The molecule has 0 aliphatic carbocycles. The lowest BCUT2D eigenvalue weighted by Crippen LogP contribution is -2.43. The number of carboxylic acids is 1. The minimum atomic E-state index is -1.06. The molecule has 1 unspecified atom stereocenters. The van der Waals surface area contributed by atoms with Gasteiger partial charge in [0.15, 0.2) is 0 Å². The summed E-state index contributed by atoms with van der Waals surface area (Å²) in [7, 11) is 0. The summed E-state index contributed by atoms with van der Waals surface area (Å²) in [6.07, 6.45) is 2.11. The number of nitrogens with two attached hydrogens (primary N) is 1. The first-order chi connectivity index (χ1) is 9.97. The third-order valence-electron chi connectivity index (χ3n) is 3.24. The quantitative estimate of drug-likeness (QED) is 0.636. The monoisotopic (exact) mass is 289 g/mol. The van der Waals surface area contributed by atoms with Gasteiger partial charge in [0.25, 0.3) is 0 Å². The molecule has 1 amide bonds. The molecule has 1 aromatic carbocycles. The van der Waals surface area contributed by atoms with Gasteiger partial charge in [0.1, 0.15) is 6.04 Å². The molecular formula is C15H19N3O3. The number of H-pyrrole nitrogens is 1. The van der Waals surface area contributed by atoms with Crippen molar-refractivity contribution in [3.63, 3.8) is 0 Å². The van der Waals surface area contributed by atoms with Crippen LogP contribution in [-0.4, -0.2) is 34.1 Å². The van der Waals surface area contributed by atoms with E-state index in [1.165, 1.54) is 0 Å². The molecule has 0 saturated carbocycles. The SMILES string of the molecule is CC(N)CC(=O)N[C@@H](Cc1c[nH]c2ccccc12)C(=O)O. The topological polar surface area (TPSA) is 108 Å². The van der Waals surface area contributed by atoms with Crippen molar-refractivity contribution in [1.82, 2.24) is 10.3 Å². The number of amides is 1. The Labute approximate surface area is 122 Å². The van der Waals surface area contributed by atoms with E-state index in [2.05, 4.69) is 10.3 Å². The highest BCUT2D eigenvalue weighted by atomic mass is 16.4. The number of aromatic nitrogens is 1. The Morgan fingerprint density at radius 3 is 2.76 bits per heavy atom. The molecule has 0 aliphatic rings. The van der Waals surface area contributed by atoms with Gasteiger partial charge in [-0.15, -0.1) is 0 Å². The second-order valence-electron chi connectivity index (χ2n) is 5.20. The van der Waals surface area contributed by atoms with Crippen LogP contribution in [0.3, 0.4) is 0 Å². The minimum Gasteiger partial charge on any atom is -0.480 e. The van der Waals surface area contributed by atoms with Gasteiger partial charge in [-0.1, -0.05) is 18.2 Å². The largest absolute Gasteiger partial charge is 0.480 e. The molecule has 0 aliphatic heterocycles. The lowest BCUT2D eigenvalue weighted by Gasteiger charge is -2.15. The maximum Gasteiger partial charge on any atom is 0.326 e. The second-order valence-corrected chi connectivity index (χ2v) is 5.20. The molecule has 0 radical (unpaired) electrons. The number of hydrogen-bond acceptors (Lipinski definition) is 3. The Kier molecular flexibility index (Phi) is 4.59. The predicted molar refractivity (Wildman–Crippen MR) is 79.8 cm³/mol. The van der Waals surface area contributed by atoms with Crippen molar-refractivity contribution in [3.8, 4) is 0 Å². The molecule has 6 heteroatoms. The summed E-state index contributed by atoms with van der Waals surface area (Å²) in [6.45, 7) is 1.70. The standard InChI is InChI=1S/C15H19N3O3/c1-9(16)6-14(19)18-13(15(20)21)7-10-8-17-12-5-3-2-4-11(10)12/h2-5,8-9,13,17H,6-7,16H2,1H3,(H,18,19)(H,20,21)/t9?,13-/m0/s1. The van der Waals surface area contributed by atoms with Gasteiger partial charge in [0.2, 0.25) is 5.91 Å². The zero-order valence-corrected chi connectivity index (χ0v) is 11.8. The van der Waals surface area contributed by atoms with Crippen LogP contribution in [0.1, 0.15) is 18.9 Å². The van der Waals surface area contributed by atoms with E-state index in [0.29, 0.717) is 0 Å². The number of nitrogens with one attached hydrogen (secondary N) is 2. The van der Waals surface area contributed by atoms with Crippen molar-refractivity contribution in [1.29, 1.82) is 0 Å². The van der Waals surface area contributed by atoms with Gasteiger partial charge in [-0.2, -0.15) is 0 Å². The highest BCUT2D eigenvalue weighted by Gasteiger charge is 2.22. The molecule has 0 saturated heterocycles. The Balaban J connectivity index is 2.13. The van der Waals surface area contributed by atoms with Crippen LogP contribution < -0.4 is 11.1 Å². The number of fused-ring (bicyclic) bond motifs is 1. The number of rotatable bonds is 6. The first-order valence-electron chi connectivity index (χ1n) is 6.80. The summed E-state index contributed by atoms with van der Waals surface area (Å²) in [6, 6.07) is 6.38. The second kappa shape index (κ2) is 6.41. The van der Waals surface area contributed by atoms with Crippen LogP contribution in [-0.2, 0) is 16.0 Å². The lowest BCUT2D eigenvalue weighted by atomic mass is 10.0. The molecule has 2 rings (SSSR count). The van der Waals surface area contributed by atoms with Crippen molar-refractivity contribution in [2.24, 2.45) is 5.73 Å². The van der Waals surface area contributed by atoms with Gasteiger partial charge in [0, 0.05) is 36.0 Å². The summed E-state index contributed by atoms with van der Waals surface area (Å²) in [4.78, 5) is 26.1. The Morgan fingerprint density at radius 1 is 1.38 bits per heavy atom. The Hall–Kier alpha value is -2.34. The number of aliphatic carboxylic acids is 1. The molecule has 6 nitrogen and oxygen atoms in total. The third-order valence-corrected chi connectivity index (χ3v) is 3.24. The molecule has 112 valence electrons. The molecule has 0 bridgehead atoms. The number of carbonyl (C=O) groups excluding carboxylic acids is 1. The van der Waals surface area contributed by atoms with Gasteiger partial charge in [-0.05, 0) is 18.6 Å². The van der Waals surface area contributed by atoms with E-state index in [9.17, 15) is 14.7 Å². The highest BCUT2D eigenvalue weighted by Crippen LogP contribution is 2.19. The minimum absolute atomic E-state index is 0.109. The smallest absolute Gasteiger partial charge is 0.326 e. The van der Waals surface area contributed by atoms with Crippen LogP contribution in [0.4, 0.5) is 0 Å². The van der Waals surface area contributed by atoms with E-state index in [0.717, 1.165) is 16.5 Å². The number of benzene rings is 1. The number of hydrogen-bond donors (Lipinski definition) is 4. The van der Waals surface area contributed by atoms with Crippen LogP contribution in [0, 0.1) is 0 Å². The maximum absolute atomic E-state index is 11.7. The third kappa shape index (κ3) is 3.82. The van der Waals surface area contributed by atoms with Crippen LogP contribution in [0.25, 0.3) is 10.9 Å². The Bertz CT molecular complexity index is 648. The summed E-state index contributed by atoms with van der Waals surface area (Å²) in [5.41, 5.74) is 7.35. The van der Waals surface area contributed by atoms with E-state index in [1.54, 1.807) is 13.1 Å². The fourth-order valence-corrected chi connectivity index (χ4v) is 2.27. The van der Waals surface area contributed by atoms with Crippen LogP contribution in [0.15, 0.2) is 30.5 Å². The molecule has 1 aromatic heterocycles. The van der Waals surface area contributed by atoms with Gasteiger partial charge >= 0.3 is 5.97 Å². The fraction of sp³-hybridized carbons (Fsp3) is 0.333. The van der Waals surface area contributed by atoms with Crippen LogP contribution >= 0.6 is 0 Å². The molecule has 0 spiro atoms. The molecule has 21 heavy (non-hydrogen) atoms. The zero-order chi connectivity index (χ0) is 15.4. The first kappa shape index (κ1) is 15.1. The summed E-state index contributed by atoms with van der Waals surface area (Å²) in [5, 5.41) is 12.8. The average molecular weight is 289 g/mol. The average Bonchev–Trinajstić information content (AvgIpc) is 2.80. The van der Waals surface area contributed by atoms with E-state index in [4.69, 9.17) is 5.73 Å². The van der Waals surface area contributed by atoms with Gasteiger partial charge in [-0.3, -0.25) is 4.79 Å². The van der Waals surface area contributed by atoms with Gasteiger partial charge in [-0.25, -0.2) is 4.79 Å². The highest BCUT2D eigenvalue weighted by molar-refractivity contribution is 5.86. The van der Waals surface area contributed by atoms with Crippen molar-refractivity contribution in [2.45, 2.75) is 31.8 Å². The normalized spacial score (nSPS) is 13.8. The number of aromatic amines is 1. The summed E-state index contributed by atoms with van der Waals surface area (Å²) in [5.74, 6) is -1.41. The first-order valence-corrected chi connectivity index (χ1v) is 6.80. The van der Waals surface area contributed by atoms with E-state index in [-0.39, 0.29) is 24.8 Å². The summed E-state index contributed by atoms with van der Waals surface area (Å²) < 4.78 is 0. The number of carboxylic acid groups (broad SMARTS) is 1.